The van der Waals surface area contributed by atoms with Crippen LogP contribution < -0.4 is 11.1 Å². The maximum Gasteiger partial charge on any atom is 0.165 e. The van der Waals surface area contributed by atoms with Crippen molar-refractivity contribution in [2.45, 2.75) is 0 Å². The molecule has 2 aromatic carbocycles. The normalized spacial score (nSPS) is 10.4. The van der Waals surface area contributed by atoms with Gasteiger partial charge in [-0.15, -0.1) is 0 Å². The number of rotatable bonds is 5. The zero-order valence-corrected chi connectivity index (χ0v) is 20.7. The molecule has 6 aromatic rings. The Morgan fingerprint density at radius 1 is 0.842 bits per heavy atom. The van der Waals surface area contributed by atoms with E-state index in [1.165, 1.54) is 0 Å². The molecule has 0 spiro atoms. The van der Waals surface area contributed by atoms with Gasteiger partial charge in [0.25, 0.3) is 0 Å². The molecule has 4 aromatic heterocycles. The Morgan fingerprint density at radius 2 is 1.63 bits per heavy atom. The van der Waals surface area contributed by atoms with E-state index in [9.17, 15) is 4.79 Å². The predicted octanol–water partition coefficient (Wildman–Crippen LogP) is 5.67. The second-order valence-electron chi connectivity index (χ2n) is 8.31. The summed E-state index contributed by atoms with van der Waals surface area (Å²) in [5, 5.41) is 3.15. The average molecular weight is 500 g/mol. The molecule has 0 aliphatic heterocycles. The lowest BCUT2D eigenvalue weighted by atomic mass is 10.2. The van der Waals surface area contributed by atoms with Crippen molar-refractivity contribution in [1.29, 1.82) is 0 Å². The lowest BCUT2D eigenvalue weighted by Crippen LogP contribution is -2.02. The molecule has 8 nitrogen and oxygen atoms in total. The molecule has 0 atom stereocenters. The van der Waals surface area contributed by atoms with E-state index in [0.29, 0.717) is 11.6 Å². The van der Waals surface area contributed by atoms with Crippen molar-refractivity contribution in [2.24, 2.45) is 0 Å². The van der Waals surface area contributed by atoms with Crippen LogP contribution in [0.2, 0.25) is 0 Å². The van der Waals surface area contributed by atoms with Crippen LogP contribution >= 0.6 is 0 Å². The van der Waals surface area contributed by atoms with E-state index >= 15 is 0 Å². The van der Waals surface area contributed by atoms with Crippen molar-refractivity contribution in [3.63, 3.8) is 0 Å². The first-order chi connectivity index (χ1) is 18.7. The number of benzene rings is 2. The summed E-state index contributed by atoms with van der Waals surface area (Å²) in [6.07, 6.45) is 6.06. The minimum atomic E-state index is 0.424. The largest absolute Gasteiger partial charge is 0.388 e. The highest BCUT2D eigenvalue weighted by Gasteiger charge is 2.18. The molecule has 38 heavy (non-hydrogen) atoms. The Morgan fingerprint density at radius 3 is 2.29 bits per heavy atom. The third-order valence-electron chi connectivity index (χ3n) is 5.89. The summed E-state index contributed by atoms with van der Waals surface area (Å²) in [6, 6.07) is 28.8. The topological polar surface area (TPSA) is 112 Å². The molecule has 6 rings (SSSR count). The van der Waals surface area contributed by atoms with Crippen LogP contribution in [0.5, 0.6) is 0 Å². The minimum Gasteiger partial charge on any atom is -0.388 e. The lowest BCUT2D eigenvalue weighted by Gasteiger charge is -2.11. The van der Waals surface area contributed by atoms with Crippen LogP contribution in [-0.4, -0.2) is 37.8 Å². The number of imidazole rings is 1. The maximum absolute atomic E-state index is 10.0. The number of aldehydes is 1. The predicted molar refractivity (Wildman–Crippen MR) is 151 cm³/mol. The van der Waals surface area contributed by atoms with Gasteiger partial charge in [-0.2, -0.15) is 0 Å². The van der Waals surface area contributed by atoms with Gasteiger partial charge in [0.15, 0.2) is 11.5 Å². The number of carbonyl (C=O) groups excluding carboxylic acids is 1. The van der Waals surface area contributed by atoms with Gasteiger partial charge in [-0.05, 0) is 60.7 Å². The summed E-state index contributed by atoms with van der Waals surface area (Å²) in [5.74, 6) is 1.12. The van der Waals surface area contributed by atoms with Gasteiger partial charge in [0.1, 0.15) is 17.6 Å². The van der Waals surface area contributed by atoms with Gasteiger partial charge in [-0.25, -0.2) is 15.0 Å². The van der Waals surface area contributed by atoms with Crippen LogP contribution in [0.15, 0.2) is 110 Å². The molecule has 0 radical (unpaired) electrons. The van der Waals surface area contributed by atoms with E-state index in [0.717, 1.165) is 51.2 Å². The van der Waals surface area contributed by atoms with Gasteiger partial charge in [-0.3, -0.25) is 14.3 Å². The van der Waals surface area contributed by atoms with Crippen molar-refractivity contribution in [2.75, 3.05) is 18.1 Å². The number of nitrogens with one attached hydrogen (secondary N) is 1. The van der Waals surface area contributed by atoms with E-state index in [1.54, 1.807) is 30.7 Å². The monoisotopic (exact) mass is 499 g/mol. The van der Waals surface area contributed by atoms with E-state index in [4.69, 9.17) is 15.7 Å². The first kappa shape index (κ1) is 24.3. The summed E-state index contributed by atoms with van der Waals surface area (Å²) in [7, 11) is 1.89. The smallest absolute Gasteiger partial charge is 0.165 e. The highest BCUT2D eigenvalue weighted by molar-refractivity contribution is 5.84. The van der Waals surface area contributed by atoms with Gasteiger partial charge in [0.2, 0.25) is 0 Å². The number of carbonyl (C=O) groups is 1. The first-order valence-corrected chi connectivity index (χ1v) is 12.0. The number of nitrogens with zero attached hydrogens (tertiary/aromatic N) is 5. The van der Waals surface area contributed by atoms with Crippen LogP contribution in [0.3, 0.4) is 0 Å². The molecule has 0 saturated carbocycles. The number of fused-ring (bicyclic) bond motifs is 1. The van der Waals surface area contributed by atoms with Crippen molar-refractivity contribution in [3.8, 4) is 28.3 Å². The van der Waals surface area contributed by atoms with Crippen LogP contribution in [0.25, 0.3) is 39.5 Å². The minimum absolute atomic E-state index is 0.424. The third-order valence-corrected chi connectivity index (χ3v) is 5.89. The molecule has 0 fully saturated rings. The van der Waals surface area contributed by atoms with Gasteiger partial charge < -0.3 is 11.1 Å². The lowest BCUT2D eigenvalue weighted by molar-refractivity contribution is 0.112. The standard InChI is InChI=1S/C23H19N7.C7H6O/c1-25-16-6-8-17(9-7-16)30-22(18-5-3-13-27-21(18)24)29-20-11-10-19(28-23(20)30)15-4-2-12-26-14-15;8-6-7-4-2-1-3-5-7/h2-14,25H,1H3,(H2,24,27);1-6H. The van der Waals surface area contributed by atoms with Crippen molar-refractivity contribution >= 4 is 29.0 Å². The van der Waals surface area contributed by atoms with Crippen LogP contribution in [-0.2, 0) is 0 Å². The van der Waals surface area contributed by atoms with E-state index in [1.807, 2.05) is 90.5 Å². The molecular weight excluding hydrogens is 474 g/mol. The number of hydrogen-bond donors (Lipinski definition) is 2. The molecule has 186 valence electrons. The molecule has 4 heterocycles. The van der Waals surface area contributed by atoms with Crippen molar-refractivity contribution in [1.82, 2.24) is 24.5 Å². The number of aromatic nitrogens is 5. The Bertz CT molecular complexity index is 1660. The van der Waals surface area contributed by atoms with Crippen LogP contribution in [0.1, 0.15) is 10.4 Å². The van der Waals surface area contributed by atoms with Gasteiger partial charge >= 0.3 is 0 Å². The van der Waals surface area contributed by atoms with E-state index in [-0.39, 0.29) is 0 Å². The van der Waals surface area contributed by atoms with Gasteiger partial charge in [-0.1, -0.05) is 30.3 Å². The fraction of sp³-hybridized carbons (Fsp3) is 0.0333. The first-order valence-electron chi connectivity index (χ1n) is 12.0. The fourth-order valence-corrected chi connectivity index (χ4v) is 3.97. The zero-order chi connectivity index (χ0) is 26.3. The molecular formula is C30H25N7O. The summed E-state index contributed by atoms with van der Waals surface area (Å²) < 4.78 is 2.02. The number of nitrogen functional groups attached to an aromatic ring is 1. The SMILES string of the molecule is CNc1ccc(-n2c(-c3cccnc3N)nc3ccc(-c4cccnc4)nc32)cc1.O=Cc1ccccc1. The molecule has 0 unspecified atom stereocenters. The molecule has 0 amide bonds. The molecule has 0 bridgehead atoms. The van der Waals surface area contributed by atoms with Gasteiger partial charge in [0.05, 0.1) is 11.3 Å². The summed E-state index contributed by atoms with van der Waals surface area (Å²) in [6.45, 7) is 0. The Balaban J connectivity index is 0.000000316. The quantitative estimate of drug-likeness (QED) is 0.294. The maximum atomic E-state index is 10.0. The summed E-state index contributed by atoms with van der Waals surface area (Å²) in [5.41, 5.74) is 12.9. The van der Waals surface area contributed by atoms with Crippen molar-refractivity contribution < 1.29 is 4.79 Å². The highest BCUT2D eigenvalue weighted by atomic mass is 16.1. The molecule has 3 N–H and O–H groups in total. The van der Waals surface area contributed by atoms with Crippen LogP contribution in [0, 0.1) is 0 Å². The summed E-state index contributed by atoms with van der Waals surface area (Å²) in [4.78, 5) is 28.2. The third kappa shape index (κ3) is 5.10. The molecule has 0 aliphatic carbocycles. The molecule has 0 aliphatic rings. The fourth-order valence-electron chi connectivity index (χ4n) is 3.97. The highest BCUT2D eigenvalue weighted by Crippen LogP contribution is 2.31. The number of pyridine rings is 3. The second-order valence-corrected chi connectivity index (χ2v) is 8.31. The summed E-state index contributed by atoms with van der Waals surface area (Å²) >= 11 is 0. The Labute approximate surface area is 219 Å². The second kappa shape index (κ2) is 11.1. The number of anilines is 2. The molecule has 0 saturated heterocycles. The number of nitrogens with two attached hydrogens (primary N) is 1. The molecule has 8 heteroatoms. The van der Waals surface area contributed by atoms with Crippen LogP contribution in [0.4, 0.5) is 11.5 Å². The average Bonchev–Trinajstić information content (AvgIpc) is 3.37. The van der Waals surface area contributed by atoms with Crippen molar-refractivity contribution in [3.05, 3.63) is 115 Å². The Kier molecular flexibility index (Phi) is 7.13. The number of hydrogen-bond acceptors (Lipinski definition) is 7. The zero-order valence-electron chi connectivity index (χ0n) is 20.7. The van der Waals surface area contributed by atoms with E-state index in [2.05, 4.69) is 15.3 Å². The Hall–Kier alpha value is -5.37. The van der Waals surface area contributed by atoms with E-state index < -0.39 is 0 Å². The van der Waals surface area contributed by atoms with Gasteiger partial charge in [0, 0.05) is 48.1 Å².